The highest BCUT2D eigenvalue weighted by Gasteiger charge is 2.59. The van der Waals surface area contributed by atoms with Crippen molar-refractivity contribution < 1.29 is 19.1 Å². The third kappa shape index (κ3) is 4.44. The van der Waals surface area contributed by atoms with Crippen LogP contribution < -0.4 is 4.90 Å². The Morgan fingerprint density at radius 1 is 0.944 bits per heavy atom. The predicted molar refractivity (Wildman–Crippen MR) is 134 cm³/mol. The number of imide groups is 1. The fourth-order valence-corrected chi connectivity index (χ4v) is 7.07. The minimum Gasteiger partial charge on any atom is -0.459 e. The second-order valence-electron chi connectivity index (χ2n) is 11.2. The molecule has 1 aromatic rings. The van der Waals surface area contributed by atoms with Crippen LogP contribution in [-0.4, -0.2) is 77.9 Å². The van der Waals surface area contributed by atoms with Gasteiger partial charge in [0.05, 0.1) is 24.3 Å². The number of fused-ring (bicyclic) bond motifs is 5. The summed E-state index contributed by atoms with van der Waals surface area (Å²) in [6, 6.07) is 5.94. The molecule has 2 bridgehead atoms. The molecule has 5 aliphatic rings. The van der Waals surface area contributed by atoms with Crippen molar-refractivity contribution in [3.8, 4) is 0 Å². The van der Waals surface area contributed by atoms with Crippen molar-refractivity contribution >= 4 is 23.6 Å². The van der Waals surface area contributed by atoms with Gasteiger partial charge < -0.3 is 9.64 Å². The molecule has 4 fully saturated rings. The van der Waals surface area contributed by atoms with E-state index in [1.54, 1.807) is 0 Å². The highest BCUT2D eigenvalue weighted by Crippen LogP contribution is 2.52. The Labute approximate surface area is 212 Å². The van der Waals surface area contributed by atoms with E-state index in [1.165, 1.54) is 11.3 Å². The molecule has 2 saturated carbocycles. The fraction of sp³-hybridized carbons (Fsp3) is 0.643. The number of nitrogens with zero attached hydrogens (tertiary/aromatic N) is 4. The molecule has 2 amide bonds. The number of ether oxygens (including phenoxy) is 1. The number of rotatable bonds is 7. The maximum Gasteiger partial charge on any atom is 0.309 e. The monoisotopic (exact) mass is 492 g/mol. The highest BCUT2D eigenvalue weighted by molar-refractivity contribution is 6.06. The van der Waals surface area contributed by atoms with Crippen LogP contribution in [0.5, 0.6) is 0 Å². The molecular weight excluding hydrogens is 456 g/mol. The summed E-state index contributed by atoms with van der Waals surface area (Å²) in [7, 11) is 0. The molecule has 3 heterocycles. The van der Waals surface area contributed by atoms with Gasteiger partial charge in [0.1, 0.15) is 11.9 Å². The number of allylic oxidation sites excluding steroid dienone is 2. The van der Waals surface area contributed by atoms with Crippen LogP contribution in [0, 0.1) is 29.6 Å². The van der Waals surface area contributed by atoms with Gasteiger partial charge >= 0.3 is 5.97 Å². The van der Waals surface area contributed by atoms with Crippen molar-refractivity contribution in [3.05, 3.63) is 36.5 Å². The van der Waals surface area contributed by atoms with Crippen LogP contribution in [-0.2, 0) is 19.1 Å². The number of aromatic nitrogens is 1. The van der Waals surface area contributed by atoms with Crippen LogP contribution in [0.4, 0.5) is 5.82 Å². The van der Waals surface area contributed by atoms with Crippen LogP contribution in [0.3, 0.4) is 0 Å². The van der Waals surface area contributed by atoms with Crippen molar-refractivity contribution in [1.82, 2.24) is 14.8 Å². The first-order valence-corrected chi connectivity index (χ1v) is 13.7. The zero-order valence-corrected chi connectivity index (χ0v) is 20.8. The Balaban J connectivity index is 1.12. The number of likely N-dealkylation sites (tertiary alicyclic amines) is 1. The summed E-state index contributed by atoms with van der Waals surface area (Å²) in [5.74, 6) is 0.544. The third-order valence-electron chi connectivity index (χ3n) is 8.98. The van der Waals surface area contributed by atoms with Crippen molar-refractivity contribution in [3.63, 3.8) is 0 Å². The average molecular weight is 493 g/mol. The zero-order valence-electron chi connectivity index (χ0n) is 20.8. The van der Waals surface area contributed by atoms with Crippen molar-refractivity contribution in [2.45, 2.75) is 44.6 Å². The van der Waals surface area contributed by atoms with Gasteiger partial charge in [0, 0.05) is 38.9 Å². The largest absolute Gasteiger partial charge is 0.459 e. The van der Waals surface area contributed by atoms with E-state index in [0.717, 1.165) is 64.1 Å². The van der Waals surface area contributed by atoms with E-state index in [1.807, 2.05) is 24.4 Å². The van der Waals surface area contributed by atoms with Gasteiger partial charge in [-0.25, -0.2) is 4.98 Å². The van der Waals surface area contributed by atoms with Gasteiger partial charge in [-0.1, -0.05) is 37.5 Å². The molecule has 5 atom stereocenters. The molecule has 0 radical (unpaired) electrons. The number of piperazine rings is 1. The lowest BCUT2D eigenvalue weighted by molar-refractivity contribution is -0.160. The molecule has 8 nitrogen and oxygen atoms in total. The number of anilines is 1. The van der Waals surface area contributed by atoms with E-state index < -0.39 is 6.10 Å². The molecule has 2 saturated heterocycles. The van der Waals surface area contributed by atoms with E-state index in [4.69, 9.17) is 4.74 Å². The van der Waals surface area contributed by atoms with Gasteiger partial charge in [0.2, 0.25) is 11.8 Å². The van der Waals surface area contributed by atoms with Gasteiger partial charge in [-0.2, -0.15) is 0 Å². The molecule has 0 aromatic carbocycles. The maximum atomic E-state index is 13.3. The zero-order chi connectivity index (χ0) is 24.6. The van der Waals surface area contributed by atoms with E-state index in [9.17, 15) is 14.4 Å². The van der Waals surface area contributed by atoms with Gasteiger partial charge in [-0.15, -0.1) is 0 Å². The fourth-order valence-electron chi connectivity index (χ4n) is 7.07. The molecule has 8 heteroatoms. The number of esters is 1. The summed E-state index contributed by atoms with van der Waals surface area (Å²) < 4.78 is 6.09. The molecule has 0 N–H and O–H groups in total. The summed E-state index contributed by atoms with van der Waals surface area (Å²) in [6.45, 7) is 4.00. The SMILES string of the molecule is O=C(OC(CN1CCN(c2ccccn2)CC1)CN1C(=O)C2C3C=CC(C3)C2C1=O)C1CCCCC1. The normalized spacial score (nSPS) is 31.2. The van der Waals surface area contributed by atoms with Crippen LogP contribution in [0.2, 0.25) is 0 Å². The smallest absolute Gasteiger partial charge is 0.309 e. The topological polar surface area (TPSA) is 83.1 Å². The average Bonchev–Trinajstić information content (AvgIpc) is 3.60. The van der Waals surface area contributed by atoms with Crippen molar-refractivity contribution in [2.24, 2.45) is 29.6 Å². The highest BCUT2D eigenvalue weighted by atomic mass is 16.5. The summed E-state index contributed by atoms with van der Waals surface area (Å²) in [4.78, 5) is 50.1. The lowest BCUT2D eigenvalue weighted by Gasteiger charge is -2.37. The molecule has 2 aliphatic heterocycles. The lowest BCUT2D eigenvalue weighted by Crippen LogP contribution is -2.52. The molecule has 5 unspecified atom stereocenters. The Hall–Kier alpha value is -2.74. The summed E-state index contributed by atoms with van der Waals surface area (Å²) in [5, 5.41) is 0. The van der Waals surface area contributed by atoms with Gasteiger partial charge in [-0.3, -0.25) is 24.2 Å². The van der Waals surface area contributed by atoms with E-state index in [-0.39, 0.29) is 53.9 Å². The molecule has 36 heavy (non-hydrogen) atoms. The maximum absolute atomic E-state index is 13.3. The standard InChI is InChI=1S/C28H36N4O4/c33-26-24-20-9-10-21(16-20)25(24)27(34)32(26)18-22(36-28(35)19-6-2-1-3-7-19)17-30-12-14-31(15-13-30)23-8-4-5-11-29-23/h4-5,8-11,19-22,24-25H,1-3,6-7,12-18H2. The van der Waals surface area contributed by atoms with Crippen LogP contribution in [0.15, 0.2) is 36.5 Å². The summed E-state index contributed by atoms with van der Waals surface area (Å²) in [5.41, 5.74) is 0. The molecular formula is C28H36N4O4. The quantitative estimate of drug-likeness (QED) is 0.329. The van der Waals surface area contributed by atoms with E-state index in [2.05, 4.69) is 26.9 Å². The third-order valence-corrected chi connectivity index (χ3v) is 8.98. The van der Waals surface area contributed by atoms with Gasteiger partial charge in [0.15, 0.2) is 0 Å². The Morgan fingerprint density at radius 3 is 2.28 bits per heavy atom. The van der Waals surface area contributed by atoms with Gasteiger partial charge in [-0.05, 0) is 43.2 Å². The molecule has 0 spiro atoms. The van der Waals surface area contributed by atoms with Crippen LogP contribution >= 0.6 is 0 Å². The Morgan fingerprint density at radius 2 is 1.64 bits per heavy atom. The first kappa shape index (κ1) is 23.6. The first-order chi connectivity index (χ1) is 17.6. The number of carbonyl (C=O) groups is 3. The second-order valence-corrected chi connectivity index (χ2v) is 11.2. The van der Waals surface area contributed by atoms with Crippen molar-refractivity contribution in [1.29, 1.82) is 0 Å². The number of hydrogen-bond donors (Lipinski definition) is 0. The second kappa shape index (κ2) is 9.96. The Bertz CT molecular complexity index is 986. The minimum absolute atomic E-state index is 0.0633. The van der Waals surface area contributed by atoms with Crippen LogP contribution in [0.25, 0.3) is 0 Å². The lowest BCUT2D eigenvalue weighted by atomic mass is 9.85. The number of pyridine rings is 1. The predicted octanol–water partition coefficient (Wildman–Crippen LogP) is 2.50. The van der Waals surface area contributed by atoms with E-state index in [0.29, 0.717) is 6.54 Å². The molecule has 3 aliphatic carbocycles. The first-order valence-electron chi connectivity index (χ1n) is 13.7. The number of carbonyl (C=O) groups excluding carboxylic acids is 3. The van der Waals surface area contributed by atoms with Crippen LogP contribution in [0.1, 0.15) is 38.5 Å². The summed E-state index contributed by atoms with van der Waals surface area (Å²) >= 11 is 0. The van der Waals surface area contributed by atoms with E-state index >= 15 is 0 Å². The number of amides is 2. The van der Waals surface area contributed by atoms with Crippen molar-refractivity contribution in [2.75, 3.05) is 44.2 Å². The Kier molecular flexibility index (Phi) is 6.54. The number of hydrogen-bond acceptors (Lipinski definition) is 7. The summed E-state index contributed by atoms with van der Waals surface area (Å²) in [6.07, 6.45) is 11.5. The molecule has 1 aromatic heterocycles. The molecule has 192 valence electrons. The minimum atomic E-state index is -0.502. The van der Waals surface area contributed by atoms with Gasteiger partial charge in [0.25, 0.3) is 0 Å². The molecule has 6 rings (SSSR count).